The largest absolute Gasteiger partial charge is 0.368 e. The molecule has 9 heteroatoms. The van der Waals surface area contributed by atoms with Crippen LogP contribution in [-0.4, -0.2) is 18.4 Å². The second kappa shape index (κ2) is 6.26. The number of nitrogens with two attached hydrogens (primary N) is 2. The molecule has 0 saturated heterocycles. The summed E-state index contributed by atoms with van der Waals surface area (Å²) in [5.74, 6) is -0.282. The Hall–Kier alpha value is -2.55. The van der Waals surface area contributed by atoms with Crippen molar-refractivity contribution in [2.75, 3.05) is 5.73 Å². The second-order valence-corrected chi connectivity index (χ2v) is 8.18. The maximum Gasteiger partial charge on any atom is 0.239 e. The summed E-state index contributed by atoms with van der Waals surface area (Å²) >= 11 is 6.12. The number of sulfonamides is 1. The van der Waals surface area contributed by atoms with E-state index < -0.39 is 10.0 Å². The molecule has 6 nitrogen and oxygen atoms in total. The van der Waals surface area contributed by atoms with Crippen molar-refractivity contribution in [1.82, 2.24) is 9.97 Å². The zero-order chi connectivity index (χ0) is 19.3. The van der Waals surface area contributed by atoms with Gasteiger partial charge in [-0.2, -0.15) is 0 Å². The summed E-state index contributed by atoms with van der Waals surface area (Å²) < 4.78 is 37.1. The number of halogens is 2. The Morgan fingerprint density at radius 1 is 1.07 bits per heavy atom. The molecule has 1 heterocycles. The Bertz CT molecular complexity index is 1180. The second-order valence-electron chi connectivity index (χ2n) is 6.24. The SMILES string of the molecule is Nc1nc2c(c(-c3ccc(F)cc3)n1)-c1cc(S(N)(=O)=O)c(Cl)cc1CC2. The predicted octanol–water partition coefficient (Wildman–Crippen LogP) is 2.93. The van der Waals surface area contributed by atoms with E-state index in [0.717, 1.165) is 5.56 Å². The van der Waals surface area contributed by atoms with Gasteiger partial charge in [-0.15, -0.1) is 0 Å². The molecule has 0 bridgehead atoms. The van der Waals surface area contributed by atoms with E-state index in [1.807, 2.05) is 0 Å². The van der Waals surface area contributed by atoms with E-state index >= 15 is 0 Å². The topological polar surface area (TPSA) is 112 Å². The van der Waals surface area contributed by atoms with Crippen molar-refractivity contribution in [1.29, 1.82) is 0 Å². The molecule has 1 aliphatic rings. The summed E-state index contributed by atoms with van der Waals surface area (Å²) in [6.45, 7) is 0. The lowest BCUT2D eigenvalue weighted by molar-refractivity contribution is 0.598. The molecule has 27 heavy (non-hydrogen) atoms. The van der Waals surface area contributed by atoms with Crippen LogP contribution in [0.5, 0.6) is 0 Å². The normalized spacial score (nSPS) is 13.1. The molecule has 1 aromatic heterocycles. The number of primary sulfonamides is 1. The van der Waals surface area contributed by atoms with Gasteiger partial charge >= 0.3 is 0 Å². The van der Waals surface area contributed by atoms with E-state index in [4.69, 9.17) is 22.5 Å². The highest BCUT2D eigenvalue weighted by molar-refractivity contribution is 7.89. The van der Waals surface area contributed by atoms with Crippen LogP contribution in [0.2, 0.25) is 5.02 Å². The smallest absolute Gasteiger partial charge is 0.239 e. The van der Waals surface area contributed by atoms with Crippen molar-refractivity contribution >= 4 is 27.6 Å². The lowest BCUT2D eigenvalue weighted by Gasteiger charge is -2.23. The van der Waals surface area contributed by atoms with Gasteiger partial charge in [0.25, 0.3) is 0 Å². The van der Waals surface area contributed by atoms with E-state index in [0.29, 0.717) is 40.9 Å². The Kier molecular flexibility index (Phi) is 4.14. The van der Waals surface area contributed by atoms with Gasteiger partial charge in [-0.3, -0.25) is 0 Å². The highest BCUT2D eigenvalue weighted by atomic mass is 35.5. The predicted molar refractivity (Wildman–Crippen MR) is 101 cm³/mol. The quantitative estimate of drug-likeness (QED) is 0.681. The van der Waals surface area contributed by atoms with Crippen LogP contribution in [0.25, 0.3) is 22.4 Å². The van der Waals surface area contributed by atoms with Crippen LogP contribution in [-0.2, 0) is 22.9 Å². The minimum absolute atomic E-state index is 0.0689. The van der Waals surface area contributed by atoms with E-state index in [2.05, 4.69) is 9.97 Å². The van der Waals surface area contributed by atoms with Crippen molar-refractivity contribution in [3.05, 3.63) is 58.5 Å². The standard InChI is InChI=1S/C18H14ClFN4O2S/c19-13-7-10-3-6-14-16(12(10)8-15(13)27(22,25)26)17(24-18(21)23-14)9-1-4-11(20)5-2-9/h1-2,4-5,7-8H,3,6H2,(H2,21,23,24)(H2,22,25,26). The lowest BCUT2D eigenvalue weighted by Crippen LogP contribution is -2.16. The average Bonchev–Trinajstić information content (AvgIpc) is 2.60. The first-order valence-corrected chi connectivity index (χ1v) is 9.94. The molecule has 0 fully saturated rings. The molecule has 0 atom stereocenters. The average molecular weight is 405 g/mol. The number of anilines is 1. The van der Waals surface area contributed by atoms with Crippen molar-refractivity contribution < 1.29 is 12.8 Å². The van der Waals surface area contributed by atoms with Crippen LogP contribution in [0, 0.1) is 5.82 Å². The summed E-state index contributed by atoms with van der Waals surface area (Å²) in [4.78, 5) is 8.47. The maximum atomic E-state index is 13.3. The molecule has 0 aliphatic heterocycles. The number of benzene rings is 2. The molecule has 2 aromatic carbocycles. The molecule has 0 amide bonds. The maximum absolute atomic E-state index is 13.3. The molecule has 1 aliphatic carbocycles. The van der Waals surface area contributed by atoms with Gasteiger partial charge in [-0.1, -0.05) is 11.6 Å². The van der Waals surface area contributed by atoms with Crippen LogP contribution in [0.3, 0.4) is 0 Å². The summed E-state index contributed by atoms with van der Waals surface area (Å²) in [5.41, 5.74) is 9.83. The molecule has 0 radical (unpaired) electrons. The summed E-state index contributed by atoms with van der Waals surface area (Å²) in [6, 6.07) is 8.86. The van der Waals surface area contributed by atoms with Crippen LogP contribution in [0.1, 0.15) is 11.3 Å². The highest BCUT2D eigenvalue weighted by Crippen LogP contribution is 2.41. The third-order valence-corrected chi connectivity index (χ3v) is 5.86. The first kappa shape index (κ1) is 17.8. The third kappa shape index (κ3) is 3.16. The number of fused-ring (bicyclic) bond motifs is 3. The lowest BCUT2D eigenvalue weighted by atomic mass is 9.86. The van der Waals surface area contributed by atoms with Gasteiger partial charge in [0.15, 0.2) is 0 Å². The highest BCUT2D eigenvalue weighted by Gasteiger charge is 2.26. The van der Waals surface area contributed by atoms with E-state index in [1.54, 1.807) is 18.2 Å². The number of nitrogen functional groups attached to an aromatic ring is 1. The minimum atomic E-state index is -4.01. The number of aryl methyl sites for hydroxylation is 2. The van der Waals surface area contributed by atoms with E-state index in [1.165, 1.54) is 18.2 Å². The first-order chi connectivity index (χ1) is 12.7. The van der Waals surface area contributed by atoms with Crippen LogP contribution < -0.4 is 10.9 Å². The van der Waals surface area contributed by atoms with Gasteiger partial charge in [0.2, 0.25) is 16.0 Å². The molecule has 0 spiro atoms. The Morgan fingerprint density at radius 2 is 1.78 bits per heavy atom. The van der Waals surface area contributed by atoms with Crippen LogP contribution in [0.15, 0.2) is 41.3 Å². The van der Waals surface area contributed by atoms with Crippen LogP contribution in [0.4, 0.5) is 10.3 Å². The van der Waals surface area contributed by atoms with Gasteiger partial charge in [0.1, 0.15) is 10.7 Å². The van der Waals surface area contributed by atoms with E-state index in [-0.39, 0.29) is 21.7 Å². The molecule has 0 unspecified atom stereocenters. The van der Waals surface area contributed by atoms with Gasteiger partial charge in [-0.25, -0.2) is 27.9 Å². The van der Waals surface area contributed by atoms with Crippen molar-refractivity contribution in [2.45, 2.75) is 17.7 Å². The van der Waals surface area contributed by atoms with Gasteiger partial charge in [0.05, 0.1) is 16.4 Å². The monoisotopic (exact) mass is 404 g/mol. The van der Waals surface area contributed by atoms with Gasteiger partial charge < -0.3 is 5.73 Å². The van der Waals surface area contributed by atoms with Crippen molar-refractivity contribution in [3.8, 4) is 22.4 Å². The Balaban J connectivity index is 2.04. The molecule has 0 saturated carbocycles. The molecular formula is C18H14ClFN4O2S. The zero-order valence-corrected chi connectivity index (χ0v) is 15.5. The van der Waals surface area contributed by atoms with Crippen molar-refractivity contribution in [2.24, 2.45) is 5.14 Å². The summed E-state index contributed by atoms with van der Waals surface area (Å²) in [7, 11) is -4.01. The summed E-state index contributed by atoms with van der Waals surface area (Å²) in [5, 5.41) is 5.36. The number of hydrogen-bond acceptors (Lipinski definition) is 5. The Labute approximate surface area is 160 Å². The summed E-state index contributed by atoms with van der Waals surface area (Å²) in [6.07, 6.45) is 1.21. The van der Waals surface area contributed by atoms with Crippen molar-refractivity contribution in [3.63, 3.8) is 0 Å². The zero-order valence-electron chi connectivity index (χ0n) is 13.9. The van der Waals surface area contributed by atoms with Crippen LogP contribution >= 0.6 is 11.6 Å². The molecule has 4 N–H and O–H groups in total. The molecule has 138 valence electrons. The minimum Gasteiger partial charge on any atom is -0.368 e. The number of aromatic nitrogens is 2. The fourth-order valence-corrected chi connectivity index (χ4v) is 4.43. The third-order valence-electron chi connectivity index (χ3n) is 4.48. The fourth-order valence-electron chi connectivity index (χ4n) is 3.31. The van der Waals surface area contributed by atoms with E-state index in [9.17, 15) is 12.8 Å². The molecule has 3 aromatic rings. The van der Waals surface area contributed by atoms with Gasteiger partial charge in [0, 0.05) is 11.1 Å². The Morgan fingerprint density at radius 3 is 2.44 bits per heavy atom. The first-order valence-electron chi connectivity index (χ1n) is 8.02. The molecule has 4 rings (SSSR count). The number of hydrogen-bond donors (Lipinski definition) is 2. The van der Waals surface area contributed by atoms with Gasteiger partial charge in [-0.05, 0) is 60.4 Å². The molecular weight excluding hydrogens is 391 g/mol. The number of nitrogens with zero attached hydrogens (tertiary/aromatic N) is 2. The fraction of sp³-hybridized carbons (Fsp3) is 0.111. The number of rotatable bonds is 2.